The van der Waals surface area contributed by atoms with Crippen LogP contribution in [-0.2, 0) is 11.2 Å². The van der Waals surface area contributed by atoms with E-state index in [0.29, 0.717) is 27.1 Å². The van der Waals surface area contributed by atoms with E-state index in [4.69, 9.17) is 23.2 Å². The first-order chi connectivity index (χ1) is 10.9. The number of aryl methyl sites for hydroxylation is 2. The number of nitrogens with one attached hydrogen (secondary N) is 1. The van der Waals surface area contributed by atoms with Crippen molar-refractivity contribution in [2.75, 3.05) is 5.32 Å². The molecule has 0 bridgehead atoms. The van der Waals surface area contributed by atoms with Gasteiger partial charge < -0.3 is 5.32 Å². The van der Waals surface area contributed by atoms with Crippen molar-refractivity contribution in [2.45, 2.75) is 20.3 Å². The molecule has 23 heavy (non-hydrogen) atoms. The molecule has 1 N–H and O–H groups in total. The summed E-state index contributed by atoms with van der Waals surface area (Å²) in [6.45, 7) is 4.04. The van der Waals surface area contributed by atoms with E-state index < -0.39 is 0 Å². The van der Waals surface area contributed by atoms with Crippen LogP contribution in [0.4, 0.5) is 5.13 Å². The fourth-order valence-corrected chi connectivity index (χ4v) is 3.68. The van der Waals surface area contributed by atoms with Crippen LogP contribution >= 0.6 is 34.5 Å². The molecule has 0 aliphatic carbocycles. The molecular weight excluding hydrogens is 351 g/mol. The van der Waals surface area contributed by atoms with Crippen molar-refractivity contribution in [3.8, 4) is 0 Å². The molecule has 6 heteroatoms. The summed E-state index contributed by atoms with van der Waals surface area (Å²) in [7, 11) is 0. The van der Waals surface area contributed by atoms with Crippen LogP contribution in [0.1, 0.15) is 16.7 Å². The van der Waals surface area contributed by atoms with Crippen LogP contribution in [0, 0.1) is 13.8 Å². The number of hydrogen-bond acceptors (Lipinski definition) is 3. The number of halogens is 2. The van der Waals surface area contributed by atoms with Crippen molar-refractivity contribution in [1.29, 1.82) is 0 Å². The molecule has 0 saturated heterocycles. The molecule has 0 unspecified atom stereocenters. The van der Waals surface area contributed by atoms with Gasteiger partial charge in [0.2, 0.25) is 5.91 Å². The van der Waals surface area contributed by atoms with Crippen LogP contribution in [0.2, 0.25) is 10.0 Å². The maximum Gasteiger partial charge on any atom is 0.230 e. The second-order valence-electron chi connectivity index (χ2n) is 5.38. The minimum Gasteiger partial charge on any atom is -0.302 e. The van der Waals surface area contributed by atoms with Crippen molar-refractivity contribution in [1.82, 2.24) is 4.98 Å². The number of hydrogen-bond donors (Lipinski definition) is 1. The van der Waals surface area contributed by atoms with Gasteiger partial charge in [-0.15, -0.1) is 0 Å². The van der Waals surface area contributed by atoms with Gasteiger partial charge >= 0.3 is 0 Å². The van der Waals surface area contributed by atoms with E-state index in [1.165, 1.54) is 16.9 Å². The van der Waals surface area contributed by atoms with Crippen molar-refractivity contribution >= 4 is 55.8 Å². The number of nitrogens with zero attached hydrogens (tertiary/aromatic N) is 1. The Morgan fingerprint density at radius 2 is 2.00 bits per heavy atom. The van der Waals surface area contributed by atoms with Crippen LogP contribution in [-0.4, -0.2) is 10.9 Å². The first kappa shape index (κ1) is 16.2. The molecule has 3 rings (SSSR count). The van der Waals surface area contributed by atoms with Crippen molar-refractivity contribution in [2.24, 2.45) is 0 Å². The standard InChI is InChI=1S/C17H14Cl2N2OS/c1-9-3-4-11(10(2)7-9)8-14(22)20-17-21-16-13(23-17)6-5-12(18)15(16)19/h3-7H,8H2,1-2H3,(H,20,21,22). The molecule has 118 valence electrons. The first-order valence-electron chi connectivity index (χ1n) is 7.04. The quantitative estimate of drug-likeness (QED) is 0.675. The molecular formula is C17H14Cl2N2OS. The minimum atomic E-state index is -0.0989. The van der Waals surface area contributed by atoms with Crippen LogP contribution in [0.5, 0.6) is 0 Å². The number of amides is 1. The van der Waals surface area contributed by atoms with Crippen LogP contribution in [0.25, 0.3) is 10.2 Å². The van der Waals surface area contributed by atoms with Gasteiger partial charge in [0.1, 0.15) is 5.52 Å². The molecule has 0 spiro atoms. The molecule has 3 aromatic rings. The van der Waals surface area contributed by atoms with Gasteiger partial charge in [-0.3, -0.25) is 4.79 Å². The third-order valence-corrected chi connectivity index (χ3v) is 5.28. The summed E-state index contributed by atoms with van der Waals surface area (Å²) in [4.78, 5) is 16.6. The third-order valence-electron chi connectivity index (χ3n) is 3.55. The smallest absolute Gasteiger partial charge is 0.230 e. The molecule has 0 saturated carbocycles. The Balaban J connectivity index is 1.79. The zero-order valence-electron chi connectivity index (χ0n) is 12.6. The Labute approximate surface area is 148 Å². The highest BCUT2D eigenvalue weighted by atomic mass is 35.5. The Morgan fingerprint density at radius 3 is 2.74 bits per heavy atom. The van der Waals surface area contributed by atoms with Gasteiger partial charge in [0.25, 0.3) is 0 Å². The predicted octanol–water partition coefficient (Wildman–Crippen LogP) is 5.40. The van der Waals surface area contributed by atoms with Gasteiger partial charge in [-0.1, -0.05) is 58.3 Å². The highest BCUT2D eigenvalue weighted by Crippen LogP contribution is 2.35. The highest BCUT2D eigenvalue weighted by molar-refractivity contribution is 7.22. The molecule has 0 aliphatic heterocycles. The lowest BCUT2D eigenvalue weighted by Crippen LogP contribution is -2.14. The summed E-state index contributed by atoms with van der Waals surface area (Å²) < 4.78 is 0.890. The van der Waals surface area contributed by atoms with Crippen molar-refractivity contribution in [3.05, 3.63) is 57.1 Å². The van der Waals surface area contributed by atoms with E-state index in [0.717, 1.165) is 15.8 Å². The zero-order valence-corrected chi connectivity index (χ0v) is 14.9. The zero-order chi connectivity index (χ0) is 16.6. The lowest BCUT2D eigenvalue weighted by atomic mass is 10.0. The average Bonchev–Trinajstić information content (AvgIpc) is 2.89. The fraction of sp³-hybridized carbons (Fsp3) is 0.176. The van der Waals surface area contributed by atoms with Crippen LogP contribution in [0.15, 0.2) is 30.3 Å². The van der Waals surface area contributed by atoms with Gasteiger partial charge in [-0.2, -0.15) is 0 Å². The molecule has 3 nitrogen and oxygen atoms in total. The number of rotatable bonds is 3. The average molecular weight is 365 g/mol. The van der Waals surface area contributed by atoms with E-state index in [1.54, 1.807) is 6.07 Å². The van der Waals surface area contributed by atoms with Crippen LogP contribution < -0.4 is 5.32 Å². The Hall–Kier alpha value is -1.62. The van der Waals surface area contributed by atoms with Crippen LogP contribution in [0.3, 0.4) is 0 Å². The second kappa shape index (κ2) is 6.48. The summed E-state index contributed by atoms with van der Waals surface area (Å²) in [5.74, 6) is -0.0989. The summed E-state index contributed by atoms with van der Waals surface area (Å²) >= 11 is 13.5. The van der Waals surface area contributed by atoms with E-state index in [9.17, 15) is 4.79 Å². The number of carbonyl (C=O) groups excluding carboxylic acids is 1. The summed E-state index contributed by atoms with van der Waals surface area (Å²) in [5, 5.41) is 4.23. The first-order valence-corrected chi connectivity index (χ1v) is 8.62. The van der Waals surface area contributed by atoms with E-state index in [-0.39, 0.29) is 5.91 Å². The molecule has 1 heterocycles. The molecule has 0 aliphatic rings. The van der Waals surface area contributed by atoms with Gasteiger partial charge in [0.15, 0.2) is 5.13 Å². The highest BCUT2D eigenvalue weighted by Gasteiger charge is 2.13. The largest absolute Gasteiger partial charge is 0.302 e. The number of fused-ring (bicyclic) bond motifs is 1. The van der Waals surface area contributed by atoms with E-state index >= 15 is 0 Å². The molecule has 1 aromatic heterocycles. The molecule has 2 aromatic carbocycles. The lowest BCUT2D eigenvalue weighted by molar-refractivity contribution is -0.115. The number of carbonyl (C=O) groups is 1. The van der Waals surface area contributed by atoms with E-state index in [2.05, 4.69) is 16.4 Å². The Kier molecular flexibility index (Phi) is 4.57. The molecule has 0 atom stereocenters. The molecule has 0 fully saturated rings. The third kappa shape index (κ3) is 3.50. The Bertz CT molecular complexity index is 905. The predicted molar refractivity (Wildman–Crippen MR) is 97.9 cm³/mol. The molecule has 1 amide bonds. The normalized spacial score (nSPS) is 11.0. The monoisotopic (exact) mass is 364 g/mol. The van der Waals surface area contributed by atoms with Crippen molar-refractivity contribution < 1.29 is 4.79 Å². The fourth-order valence-electron chi connectivity index (χ4n) is 2.37. The lowest BCUT2D eigenvalue weighted by Gasteiger charge is -2.06. The van der Waals surface area contributed by atoms with E-state index in [1.807, 2.05) is 32.0 Å². The summed E-state index contributed by atoms with van der Waals surface area (Å²) in [6.07, 6.45) is 0.316. The summed E-state index contributed by atoms with van der Waals surface area (Å²) in [5.41, 5.74) is 3.92. The Morgan fingerprint density at radius 1 is 1.22 bits per heavy atom. The number of anilines is 1. The van der Waals surface area contributed by atoms with Gasteiger partial charge in [-0.25, -0.2) is 4.98 Å². The SMILES string of the molecule is Cc1ccc(CC(=O)Nc2nc3c(Cl)c(Cl)ccc3s2)c(C)c1. The topological polar surface area (TPSA) is 42.0 Å². The molecule has 0 radical (unpaired) electrons. The van der Waals surface area contributed by atoms with Gasteiger partial charge in [0, 0.05) is 0 Å². The van der Waals surface area contributed by atoms with Crippen molar-refractivity contribution in [3.63, 3.8) is 0 Å². The van der Waals surface area contributed by atoms with Gasteiger partial charge in [0.05, 0.1) is 21.2 Å². The maximum absolute atomic E-state index is 12.2. The second-order valence-corrected chi connectivity index (χ2v) is 7.20. The number of thiazole rings is 1. The maximum atomic E-state index is 12.2. The number of aromatic nitrogens is 1. The number of benzene rings is 2. The minimum absolute atomic E-state index is 0.0989. The van der Waals surface area contributed by atoms with Gasteiger partial charge in [-0.05, 0) is 37.1 Å². The summed E-state index contributed by atoms with van der Waals surface area (Å²) in [6, 6.07) is 9.64.